The van der Waals surface area contributed by atoms with Crippen molar-refractivity contribution in [3.8, 4) is 0 Å². The molecule has 0 radical (unpaired) electrons. The number of nitrogens with one attached hydrogen (secondary N) is 2. The molecular weight excluding hydrogens is 252 g/mol. The molecule has 2 N–H and O–H groups in total. The Kier molecular flexibility index (Phi) is 2.06. The molecule has 3 unspecified atom stereocenters. The summed E-state index contributed by atoms with van der Waals surface area (Å²) in [5, 5.41) is 11.1. The van der Waals surface area contributed by atoms with E-state index in [2.05, 4.69) is 15.7 Å². The van der Waals surface area contributed by atoms with Crippen molar-refractivity contribution >= 4 is 5.91 Å². The highest BCUT2D eigenvalue weighted by Gasteiger charge is 2.75. The van der Waals surface area contributed by atoms with Crippen molar-refractivity contribution in [3.05, 3.63) is 18.0 Å². The molecule has 0 aromatic carbocycles. The van der Waals surface area contributed by atoms with E-state index in [-0.39, 0.29) is 17.4 Å². The number of nitrogens with zero attached hydrogens (tertiary/aromatic N) is 2. The molecule has 4 fully saturated rings. The lowest BCUT2D eigenvalue weighted by molar-refractivity contribution is -0.126. The molecule has 4 saturated carbocycles. The van der Waals surface area contributed by atoms with Gasteiger partial charge in [-0.25, -0.2) is 0 Å². The van der Waals surface area contributed by atoms with Gasteiger partial charge in [0.2, 0.25) is 5.91 Å². The number of carbonyl (C=O) groups excluding carboxylic acids is 1. The van der Waals surface area contributed by atoms with E-state index in [1.807, 2.05) is 16.9 Å². The minimum absolute atomic E-state index is 0.00424. The fourth-order valence-electron chi connectivity index (χ4n) is 5.18. The Bertz CT molecular complexity index is 568. The maximum Gasteiger partial charge on any atom is 0.226 e. The maximum absolute atomic E-state index is 12.6. The molecule has 4 aliphatic carbocycles. The molecule has 2 heterocycles. The van der Waals surface area contributed by atoms with Gasteiger partial charge in [-0.3, -0.25) is 9.48 Å². The first-order valence-electron chi connectivity index (χ1n) is 7.80. The molecule has 3 atom stereocenters. The van der Waals surface area contributed by atoms with Crippen LogP contribution in [0.5, 0.6) is 0 Å². The van der Waals surface area contributed by atoms with Crippen LogP contribution in [0.15, 0.2) is 12.3 Å². The topological polar surface area (TPSA) is 59.0 Å². The lowest BCUT2D eigenvalue weighted by atomic mass is 10.1. The van der Waals surface area contributed by atoms with Gasteiger partial charge in [-0.05, 0) is 43.1 Å². The van der Waals surface area contributed by atoms with Crippen molar-refractivity contribution < 1.29 is 4.79 Å². The summed E-state index contributed by atoms with van der Waals surface area (Å²) in [5.41, 5.74) is 1.38. The van der Waals surface area contributed by atoms with Gasteiger partial charge in [0.1, 0.15) is 0 Å². The number of fused-ring (bicyclic) bond motifs is 1. The molecule has 106 valence electrons. The molecule has 20 heavy (non-hydrogen) atoms. The molecule has 0 saturated heterocycles. The molecule has 1 aliphatic heterocycles. The van der Waals surface area contributed by atoms with Gasteiger partial charge in [0.05, 0.1) is 18.2 Å². The number of rotatable bonds is 2. The fourth-order valence-corrected chi connectivity index (χ4v) is 5.18. The zero-order chi connectivity index (χ0) is 13.3. The van der Waals surface area contributed by atoms with Gasteiger partial charge in [-0.15, -0.1) is 0 Å². The summed E-state index contributed by atoms with van der Waals surface area (Å²) in [6.45, 7) is 2.27. The summed E-state index contributed by atoms with van der Waals surface area (Å²) in [6, 6.07) is 2.02. The molecular formula is C15H20N4O. The van der Waals surface area contributed by atoms with E-state index in [0.717, 1.165) is 30.8 Å². The van der Waals surface area contributed by atoms with E-state index in [1.165, 1.54) is 25.0 Å². The third-order valence-electron chi connectivity index (χ3n) is 6.12. The second-order valence-corrected chi connectivity index (χ2v) is 7.12. The van der Waals surface area contributed by atoms with Crippen LogP contribution in [0.2, 0.25) is 0 Å². The molecule has 1 amide bonds. The van der Waals surface area contributed by atoms with Gasteiger partial charge in [0, 0.05) is 24.8 Å². The molecule has 5 heteroatoms. The number of aromatic nitrogens is 2. The average molecular weight is 272 g/mol. The zero-order valence-corrected chi connectivity index (χ0v) is 11.5. The predicted octanol–water partition coefficient (Wildman–Crippen LogP) is 0.517. The van der Waals surface area contributed by atoms with E-state index in [1.54, 1.807) is 0 Å². The van der Waals surface area contributed by atoms with Crippen molar-refractivity contribution in [2.75, 3.05) is 6.54 Å². The van der Waals surface area contributed by atoms with Gasteiger partial charge in [0.25, 0.3) is 0 Å². The summed E-state index contributed by atoms with van der Waals surface area (Å²) >= 11 is 0. The highest BCUT2D eigenvalue weighted by Crippen LogP contribution is 2.73. The Balaban J connectivity index is 1.32. The van der Waals surface area contributed by atoms with Crippen molar-refractivity contribution in [2.24, 2.45) is 23.7 Å². The van der Waals surface area contributed by atoms with Gasteiger partial charge in [-0.1, -0.05) is 0 Å². The smallest absolute Gasteiger partial charge is 0.226 e. The Morgan fingerprint density at radius 1 is 1.45 bits per heavy atom. The Morgan fingerprint density at radius 2 is 2.30 bits per heavy atom. The molecule has 0 spiro atoms. The SMILES string of the molecule is O=C(NC12CC3CC1C2C3)C1CNCc2ccnn2C1. The van der Waals surface area contributed by atoms with Gasteiger partial charge >= 0.3 is 0 Å². The molecule has 1 aromatic rings. The van der Waals surface area contributed by atoms with Gasteiger partial charge < -0.3 is 10.6 Å². The monoisotopic (exact) mass is 272 g/mol. The second kappa shape index (κ2) is 3.64. The second-order valence-electron chi connectivity index (χ2n) is 7.12. The first kappa shape index (κ1) is 11.3. The van der Waals surface area contributed by atoms with Crippen LogP contribution in [0.1, 0.15) is 25.0 Å². The lowest BCUT2D eigenvalue weighted by Gasteiger charge is -2.20. The van der Waals surface area contributed by atoms with Crippen molar-refractivity contribution in [2.45, 2.75) is 37.9 Å². The summed E-state index contributed by atoms with van der Waals surface area (Å²) in [4.78, 5) is 12.6. The summed E-state index contributed by atoms with van der Waals surface area (Å²) in [6.07, 6.45) is 5.77. The van der Waals surface area contributed by atoms with E-state index in [4.69, 9.17) is 0 Å². The molecule has 1 aromatic heterocycles. The first-order chi connectivity index (χ1) is 9.76. The largest absolute Gasteiger partial charge is 0.350 e. The minimum atomic E-state index is 0.00424. The quantitative estimate of drug-likeness (QED) is 0.825. The average Bonchev–Trinajstić information content (AvgIpc) is 2.97. The minimum Gasteiger partial charge on any atom is -0.350 e. The summed E-state index contributed by atoms with van der Waals surface area (Å²) in [7, 11) is 0. The fraction of sp³-hybridized carbons (Fsp3) is 0.733. The molecule has 5 nitrogen and oxygen atoms in total. The normalized spacial score (nSPS) is 44.0. The predicted molar refractivity (Wildman–Crippen MR) is 72.6 cm³/mol. The van der Waals surface area contributed by atoms with Gasteiger partial charge in [-0.2, -0.15) is 5.10 Å². The summed E-state index contributed by atoms with van der Waals surface area (Å²) < 4.78 is 1.97. The number of hydrogen-bond acceptors (Lipinski definition) is 3. The highest BCUT2D eigenvalue weighted by atomic mass is 16.2. The Labute approximate surface area is 118 Å². The van der Waals surface area contributed by atoms with Crippen LogP contribution in [-0.4, -0.2) is 27.8 Å². The van der Waals surface area contributed by atoms with Crippen LogP contribution < -0.4 is 10.6 Å². The zero-order valence-electron chi connectivity index (χ0n) is 11.5. The molecule has 6 rings (SSSR count). The van der Waals surface area contributed by atoms with E-state index < -0.39 is 0 Å². The van der Waals surface area contributed by atoms with Crippen LogP contribution in [0.4, 0.5) is 0 Å². The lowest BCUT2D eigenvalue weighted by Crippen LogP contribution is -2.44. The Morgan fingerprint density at radius 3 is 3.05 bits per heavy atom. The third-order valence-corrected chi connectivity index (χ3v) is 6.12. The van der Waals surface area contributed by atoms with Crippen LogP contribution in [0.25, 0.3) is 0 Å². The van der Waals surface area contributed by atoms with Crippen LogP contribution in [0.3, 0.4) is 0 Å². The van der Waals surface area contributed by atoms with Gasteiger partial charge in [0.15, 0.2) is 0 Å². The third kappa shape index (κ3) is 1.36. The van der Waals surface area contributed by atoms with E-state index >= 15 is 0 Å². The summed E-state index contributed by atoms with van der Waals surface area (Å²) in [5.74, 6) is 2.74. The van der Waals surface area contributed by atoms with Crippen LogP contribution in [-0.2, 0) is 17.9 Å². The first-order valence-corrected chi connectivity index (χ1v) is 7.80. The van der Waals surface area contributed by atoms with Crippen molar-refractivity contribution in [1.82, 2.24) is 20.4 Å². The number of carbonyl (C=O) groups is 1. The van der Waals surface area contributed by atoms with E-state index in [0.29, 0.717) is 6.54 Å². The van der Waals surface area contributed by atoms with E-state index in [9.17, 15) is 4.79 Å². The maximum atomic E-state index is 12.6. The number of hydrogen-bond donors (Lipinski definition) is 2. The van der Waals surface area contributed by atoms with Crippen LogP contribution in [0, 0.1) is 23.7 Å². The van der Waals surface area contributed by atoms with Crippen LogP contribution >= 0.6 is 0 Å². The van der Waals surface area contributed by atoms with Crippen molar-refractivity contribution in [1.29, 1.82) is 0 Å². The van der Waals surface area contributed by atoms with Crippen molar-refractivity contribution in [3.63, 3.8) is 0 Å². The molecule has 5 aliphatic rings. The number of amides is 1. The standard InChI is InChI=1S/C15H20N4O/c20-14(18-15-5-9-3-12(15)13(15)4-9)10-6-16-7-11-1-2-17-19(11)8-10/h1-2,9-10,12-13,16H,3-8H2,(H,18,20). The highest BCUT2D eigenvalue weighted by molar-refractivity contribution is 5.80. The molecule has 4 bridgehead atoms. The Hall–Kier alpha value is -1.36.